The molecule has 0 aliphatic carbocycles. The van der Waals surface area contributed by atoms with Gasteiger partial charge in [0.2, 0.25) is 0 Å². The van der Waals surface area contributed by atoms with Crippen LogP contribution in [0.3, 0.4) is 0 Å². The van der Waals surface area contributed by atoms with E-state index in [0.29, 0.717) is 16.6 Å². The van der Waals surface area contributed by atoms with Crippen molar-refractivity contribution in [2.75, 3.05) is 5.73 Å². The molecule has 16 heavy (non-hydrogen) atoms. The Kier molecular flexibility index (Phi) is 2.87. The highest BCUT2D eigenvalue weighted by atomic mass is 16.3. The lowest BCUT2D eigenvalue weighted by Crippen LogP contribution is -1.89. The molecule has 1 aromatic carbocycles. The van der Waals surface area contributed by atoms with Crippen molar-refractivity contribution in [2.24, 2.45) is 0 Å². The third-order valence-electron chi connectivity index (χ3n) is 2.14. The first kappa shape index (κ1) is 10.2. The first-order valence-electron chi connectivity index (χ1n) is 4.92. The molecule has 0 aliphatic heterocycles. The van der Waals surface area contributed by atoms with Gasteiger partial charge in [-0.25, -0.2) is 0 Å². The molecule has 2 rings (SSSR count). The Hall–Kier alpha value is -2.29. The summed E-state index contributed by atoms with van der Waals surface area (Å²) in [6.45, 7) is 0. The molecule has 0 bridgehead atoms. The van der Waals surface area contributed by atoms with Gasteiger partial charge in [-0.3, -0.25) is 0 Å². The topological polar surface area (TPSA) is 63.0 Å². The SMILES string of the molecule is N=c1ccccc2ccc(N)cc2occ1. The lowest BCUT2D eigenvalue weighted by Gasteiger charge is -1.94. The molecule has 0 aliphatic rings. The molecule has 0 saturated heterocycles. The van der Waals surface area contributed by atoms with E-state index in [2.05, 4.69) is 0 Å². The average Bonchev–Trinajstić information content (AvgIpc) is 2.27. The van der Waals surface area contributed by atoms with E-state index in [0.717, 1.165) is 5.39 Å². The van der Waals surface area contributed by atoms with E-state index in [1.807, 2.05) is 30.3 Å². The van der Waals surface area contributed by atoms with Crippen molar-refractivity contribution in [2.45, 2.75) is 0 Å². The van der Waals surface area contributed by atoms with E-state index in [1.165, 1.54) is 6.26 Å². The third-order valence-corrected chi connectivity index (χ3v) is 2.14. The number of benzene rings is 1. The maximum atomic E-state index is 7.51. The summed E-state index contributed by atoms with van der Waals surface area (Å²) in [7, 11) is 0. The minimum Gasteiger partial charge on any atom is -0.464 e. The Morgan fingerprint density at radius 3 is 2.69 bits per heavy atom. The van der Waals surface area contributed by atoms with Crippen LogP contribution in [0.15, 0.2) is 59.2 Å². The first-order chi connectivity index (χ1) is 7.75. The molecule has 3 heteroatoms. The van der Waals surface area contributed by atoms with Gasteiger partial charge in [0.1, 0.15) is 5.58 Å². The van der Waals surface area contributed by atoms with Crippen LogP contribution in [0.4, 0.5) is 5.69 Å². The van der Waals surface area contributed by atoms with Gasteiger partial charge in [0.25, 0.3) is 0 Å². The Balaban J connectivity index is 2.81. The number of nitrogens with two attached hydrogens (primary N) is 1. The summed E-state index contributed by atoms with van der Waals surface area (Å²) in [6, 6.07) is 14.4. The van der Waals surface area contributed by atoms with Crippen LogP contribution in [0.2, 0.25) is 0 Å². The predicted octanol–water partition coefficient (Wildman–Crippen LogP) is 2.62. The molecule has 2 aromatic rings. The Bertz CT molecular complexity index is 615. The maximum absolute atomic E-state index is 7.51. The molecule has 3 N–H and O–H groups in total. The summed E-state index contributed by atoms with van der Waals surface area (Å²) in [5.74, 6) is 0. The van der Waals surface area contributed by atoms with E-state index < -0.39 is 0 Å². The lowest BCUT2D eigenvalue weighted by molar-refractivity contribution is 0.606. The fraction of sp³-hybridized carbons (Fsp3) is 0. The van der Waals surface area contributed by atoms with Crippen LogP contribution in [0, 0.1) is 5.41 Å². The van der Waals surface area contributed by atoms with Crippen molar-refractivity contribution >= 4 is 16.7 Å². The fourth-order valence-electron chi connectivity index (χ4n) is 1.35. The van der Waals surface area contributed by atoms with Crippen molar-refractivity contribution < 1.29 is 4.42 Å². The quantitative estimate of drug-likeness (QED) is 0.659. The maximum Gasteiger partial charge on any atom is 0.135 e. The highest BCUT2D eigenvalue weighted by molar-refractivity contribution is 5.79. The second kappa shape index (κ2) is 4.49. The Morgan fingerprint density at radius 2 is 1.81 bits per heavy atom. The number of nitrogens with one attached hydrogen (secondary N) is 1. The number of hydrogen-bond acceptors (Lipinski definition) is 3. The molecule has 0 saturated carbocycles. The third kappa shape index (κ3) is 2.39. The molecular weight excluding hydrogens is 200 g/mol. The van der Waals surface area contributed by atoms with Gasteiger partial charge in [0.15, 0.2) is 0 Å². The summed E-state index contributed by atoms with van der Waals surface area (Å²) < 4.78 is 5.43. The van der Waals surface area contributed by atoms with Crippen molar-refractivity contribution in [1.29, 1.82) is 5.41 Å². The first-order valence-corrected chi connectivity index (χ1v) is 4.92. The van der Waals surface area contributed by atoms with Crippen LogP contribution in [0.5, 0.6) is 0 Å². The second-order valence-electron chi connectivity index (χ2n) is 3.39. The Morgan fingerprint density at radius 1 is 1.00 bits per heavy atom. The predicted molar refractivity (Wildman–Crippen MR) is 64.1 cm³/mol. The van der Waals surface area contributed by atoms with E-state index in [9.17, 15) is 0 Å². The molecule has 0 radical (unpaired) electrons. The normalized spacial score (nSPS) is 9.75. The number of anilines is 1. The standard InChI is InChI=1S/C13H12N2O/c14-11-4-2-1-3-10-5-6-12(15)9-13(10)16-8-7-11/h1-9,14H,15H2. The van der Waals surface area contributed by atoms with Crippen molar-refractivity contribution in [1.82, 2.24) is 0 Å². The van der Waals surface area contributed by atoms with Crippen molar-refractivity contribution in [3.8, 4) is 0 Å². The van der Waals surface area contributed by atoms with E-state index in [4.69, 9.17) is 15.6 Å². The van der Waals surface area contributed by atoms with Crippen LogP contribution >= 0.6 is 0 Å². The molecule has 3 nitrogen and oxygen atoms in total. The van der Waals surface area contributed by atoms with Crippen molar-refractivity contribution in [3.63, 3.8) is 0 Å². The molecule has 0 fully saturated rings. The van der Waals surface area contributed by atoms with Gasteiger partial charge in [-0.15, -0.1) is 0 Å². The molecule has 0 amide bonds. The lowest BCUT2D eigenvalue weighted by atomic mass is 10.2. The summed E-state index contributed by atoms with van der Waals surface area (Å²) >= 11 is 0. The summed E-state index contributed by atoms with van der Waals surface area (Å²) in [6.07, 6.45) is 1.49. The highest BCUT2D eigenvalue weighted by Gasteiger charge is 1.91. The van der Waals surface area contributed by atoms with Crippen LogP contribution in [-0.4, -0.2) is 0 Å². The molecule has 1 heterocycles. The van der Waals surface area contributed by atoms with Gasteiger partial charge in [-0.1, -0.05) is 18.2 Å². The smallest absolute Gasteiger partial charge is 0.135 e. The van der Waals surface area contributed by atoms with Gasteiger partial charge in [-0.05, 0) is 24.3 Å². The Labute approximate surface area is 93.0 Å². The molecular formula is C13H12N2O. The molecule has 0 unspecified atom stereocenters. The van der Waals surface area contributed by atoms with Crippen molar-refractivity contribution in [3.05, 3.63) is 60.2 Å². The number of nitrogen functional groups attached to an aromatic ring is 1. The minimum absolute atomic E-state index is 0.386. The van der Waals surface area contributed by atoms with E-state index in [1.54, 1.807) is 18.2 Å². The average molecular weight is 212 g/mol. The molecule has 80 valence electrons. The summed E-state index contributed by atoms with van der Waals surface area (Å²) in [5, 5.41) is 8.85. The highest BCUT2D eigenvalue weighted by Crippen LogP contribution is 2.14. The monoisotopic (exact) mass is 212 g/mol. The fourth-order valence-corrected chi connectivity index (χ4v) is 1.35. The van der Waals surface area contributed by atoms with Crippen LogP contribution in [0.1, 0.15) is 0 Å². The van der Waals surface area contributed by atoms with Crippen LogP contribution in [0.25, 0.3) is 11.0 Å². The van der Waals surface area contributed by atoms with Gasteiger partial charge in [0.05, 0.1) is 11.6 Å². The molecule has 0 spiro atoms. The second-order valence-corrected chi connectivity index (χ2v) is 3.39. The zero-order valence-electron chi connectivity index (χ0n) is 8.68. The molecule has 1 aromatic heterocycles. The minimum atomic E-state index is 0.386. The summed E-state index contributed by atoms with van der Waals surface area (Å²) in [4.78, 5) is 0. The zero-order valence-corrected chi connectivity index (χ0v) is 8.68. The van der Waals surface area contributed by atoms with Gasteiger partial charge in [-0.2, -0.15) is 0 Å². The van der Waals surface area contributed by atoms with Crippen LogP contribution < -0.4 is 11.1 Å². The number of hydrogen-bond donors (Lipinski definition) is 2. The van der Waals surface area contributed by atoms with E-state index in [-0.39, 0.29) is 0 Å². The van der Waals surface area contributed by atoms with Crippen LogP contribution in [-0.2, 0) is 0 Å². The zero-order chi connectivity index (χ0) is 11.4. The largest absolute Gasteiger partial charge is 0.464 e. The number of rotatable bonds is 0. The van der Waals surface area contributed by atoms with Gasteiger partial charge >= 0.3 is 0 Å². The van der Waals surface area contributed by atoms with Gasteiger partial charge < -0.3 is 15.6 Å². The van der Waals surface area contributed by atoms with Gasteiger partial charge in [0, 0.05) is 17.1 Å². The van der Waals surface area contributed by atoms with E-state index >= 15 is 0 Å². The molecule has 0 atom stereocenters. The number of fused-ring (bicyclic) bond motifs is 1. The summed E-state index contributed by atoms with van der Waals surface area (Å²) in [5.41, 5.74) is 7.03.